The quantitative estimate of drug-likeness (QED) is 0.939. The van der Waals surface area contributed by atoms with E-state index in [-0.39, 0.29) is 6.61 Å². The number of halogens is 1. The van der Waals surface area contributed by atoms with Crippen LogP contribution in [-0.4, -0.2) is 10.1 Å². The third-order valence-corrected chi connectivity index (χ3v) is 2.45. The Morgan fingerprint density at radius 3 is 2.69 bits per heavy atom. The first-order chi connectivity index (χ1) is 7.79. The molecule has 0 aliphatic heterocycles. The monoisotopic (exact) mass is 279 g/mol. The van der Waals surface area contributed by atoms with Crippen molar-refractivity contribution in [2.45, 2.75) is 6.61 Å². The van der Waals surface area contributed by atoms with Gasteiger partial charge in [-0.25, -0.2) is 4.98 Å². The highest BCUT2D eigenvalue weighted by atomic mass is 79.9. The fraction of sp³-hybridized carbons (Fsp3) is 0.0833. The Morgan fingerprint density at radius 1 is 1.25 bits per heavy atom. The topological polar surface area (TPSA) is 42.4 Å². The zero-order valence-corrected chi connectivity index (χ0v) is 10.0. The lowest BCUT2D eigenvalue weighted by atomic mass is 10.3. The normalized spacial score (nSPS) is 10.1. The number of hydrogen-bond donors (Lipinski definition) is 1. The number of ether oxygens (including phenoxy) is 1. The largest absolute Gasteiger partial charge is 0.439 e. The molecule has 1 heterocycles. The SMILES string of the molecule is OCc1cc(Br)cnc1Oc1ccccc1. The number of hydrogen-bond acceptors (Lipinski definition) is 3. The smallest absolute Gasteiger partial charge is 0.224 e. The van der Waals surface area contributed by atoms with Gasteiger partial charge in [0.05, 0.1) is 6.61 Å². The first-order valence-electron chi connectivity index (χ1n) is 4.78. The average molecular weight is 280 g/mol. The minimum atomic E-state index is -0.103. The van der Waals surface area contributed by atoms with E-state index in [1.165, 1.54) is 0 Å². The van der Waals surface area contributed by atoms with Crippen molar-refractivity contribution in [2.24, 2.45) is 0 Å². The molecule has 4 heteroatoms. The van der Waals surface area contributed by atoms with Crippen molar-refractivity contribution < 1.29 is 9.84 Å². The van der Waals surface area contributed by atoms with Gasteiger partial charge in [-0.1, -0.05) is 18.2 Å². The fourth-order valence-corrected chi connectivity index (χ4v) is 1.65. The molecule has 16 heavy (non-hydrogen) atoms. The van der Waals surface area contributed by atoms with Crippen LogP contribution >= 0.6 is 15.9 Å². The molecule has 0 amide bonds. The standard InChI is InChI=1S/C12H10BrNO2/c13-10-6-9(8-15)12(14-7-10)16-11-4-2-1-3-5-11/h1-7,15H,8H2. The molecule has 2 aromatic rings. The molecule has 82 valence electrons. The van der Waals surface area contributed by atoms with Crippen molar-refractivity contribution >= 4 is 15.9 Å². The molecule has 1 aromatic heterocycles. The number of aliphatic hydroxyl groups is 1. The molecule has 0 aliphatic rings. The van der Waals surface area contributed by atoms with E-state index in [9.17, 15) is 5.11 Å². The van der Waals surface area contributed by atoms with Gasteiger partial charge >= 0.3 is 0 Å². The highest BCUT2D eigenvalue weighted by Gasteiger charge is 2.06. The van der Waals surface area contributed by atoms with Gasteiger partial charge in [0.25, 0.3) is 0 Å². The maximum absolute atomic E-state index is 9.18. The molecule has 0 bridgehead atoms. The third kappa shape index (κ3) is 2.59. The zero-order chi connectivity index (χ0) is 11.4. The summed E-state index contributed by atoms with van der Waals surface area (Å²) in [5.74, 6) is 1.13. The van der Waals surface area contributed by atoms with Gasteiger partial charge in [-0.2, -0.15) is 0 Å². The first-order valence-corrected chi connectivity index (χ1v) is 5.57. The second-order valence-electron chi connectivity index (χ2n) is 3.19. The van der Waals surface area contributed by atoms with E-state index in [1.807, 2.05) is 30.3 Å². The fourth-order valence-electron chi connectivity index (χ4n) is 1.27. The number of nitrogens with zero attached hydrogens (tertiary/aromatic N) is 1. The van der Waals surface area contributed by atoms with Crippen molar-refractivity contribution in [1.29, 1.82) is 0 Å². The molecule has 0 spiro atoms. The Labute approximate surface area is 102 Å². The van der Waals surface area contributed by atoms with Crippen molar-refractivity contribution in [1.82, 2.24) is 4.98 Å². The van der Waals surface area contributed by atoms with Gasteiger partial charge in [0, 0.05) is 16.2 Å². The van der Waals surface area contributed by atoms with Crippen LogP contribution in [0.1, 0.15) is 5.56 Å². The van der Waals surface area contributed by atoms with Crippen molar-refractivity contribution in [2.75, 3.05) is 0 Å². The Balaban J connectivity index is 2.28. The van der Waals surface area contributed by atoms with E-state index in [1.54, 1.807) is 12.3 Å². The molecule has 3 nitrogen and oxygen atoms in total. The Kier molecular flexibility index (Phi) is 3.54. The predicted molar refractivity (Wildman–Crippen MR) is 64.4 cm³/mol. The van der Waals surface area contributed by atoms with Gasteiger partial charge in [-0.05, 0) is 34.1 Å². The lowest BCUT2D eigenvalue weighted by Gasteiger charge is -2.08. The van der Waals surface area contributed by atoms with Crippen LogP contribution in [0, 0.1) is 0 Å². The van der Waals surface area contributed by atoms with Crippen LogP contribution < -0.4 is 4.74 Å². The van der Waals surface area contributed by atoms with E-state index in [2.05, 4.69) is 20.9 Å². The Hall–Kier alpha value is -1.39. The number of benzene rings is 1. The second-order valence-corrected chi connectivity index (χ2v) is 4.11. The van der Waals surface area contributed by atoms with E-state index in [0.29, 0.717) is 17.2 Å². The minimum Gasteiger partial charge on any atom is -0.439 e. The molecule has 0 saturated carbocycles. The predicted octanol–water partition coefficient (Wildman–Crippen LogP) is 3.13. The summed E-state index contributed by atoms with van der Waals surface area (Å²) in [6, 6.07) is 11.1. The molecule has 1 aromatic carbocycles. The maximum Gasteiger partial charge on any atom is 0.224 e. The Morgan fingerprint density at radius 2 is 2.00 bits per heavy atom. The summed E-state index contributed by atoms with van der Waals surface area (Å²) < 4.78 is 6.38. The molecular formula is C12H10BrNO2. The van der Waals surface area contributed by atoms with Gasteiger partial charge in [0.2, 0.25) is 5.88 Å². The van der Waals surface area contributed by atoms with E-state index in [0.717, 1.165) is 4.47 Å². The number of aromatic nitrogens is 1. The molecule has 0 unspecified atom stereocenters. The highest BCUT2D eigenvalue weighted by Crippen LogP contribution is 2.25. The molecule has 0 aliphatic carbocycles. The molecular weight excluding hydrogens is 270 g/mol. The van der Waals surface area contributed by atoms with E-state index in [4.69, 9.17) is 4.74 Å². The lowest BCUT2D eigenvalue weighted by molar-refractivity contribution is 0.275. The van der Waals surface area contributed by atoms with Crippen LogP contribution in [0.2, 0.25) is 0 Å². The van der Waals surface area contributed by atoms with Crippen LogP contribution in [-0.2, 0) is 6.61 Å². The van der Waals surface area contributed by atoms with Crippen LogP contribution in [0.25, 0.3) is 0 Å². The highest BCUT2D eigenvalue weighted by molar-refractivity contribution is 9.10. The number of pyridine rings is 1. The number of para-hydroxylation sites is 1. The summed E-state index contributed by atoms with van der Waals surface area (Å²) in [6.07, 6.45) is 1.64. The molecule has 1 N–H and O–H groups in total. The van der Waals surface area contributed by atoms with Crippen LogP contribution in [0.4, 0.5) is 0 Å². The summed E-state index contributed by atoms with van der Waals surface area (Å²) in [5.41, 5.74) is 0.651. The first kappa shape index (κ1) is 11.1. The minimum absolute atomic E-state index is 0.103. The van der Waals surface area contributed by atoms with Gasteiger partial charge in [0.1, 0.15) is 5.75 Å². The second kappa shape index (κ2) is 5.09. The van der Waals surface area contributed by atoms with Crippen molar-refractivity contribution in [3.8, 4) is 11.6 Å². The third-order valence-electron chi connectivity index (χ3n) is 2.02. The van der Waals surface area contributed by atoms with Gasteiger partial charge in [-0.15, -0.1) is 0 Å². The summed E-state index contributed by atoms with van der Waals surface area (Å²) >= 11 is 3.29. The molecule has 0 fully saturated rings. The summed E-state index contributed by atoms with van der Waals surface area (Å²) in [6.45, 7) is -0.103. The van der Waals surface area contributed by atoms with Crippen molar-refractivity contribution in [3.63, 3.8) is 0 Å². The zero-order valence-electron chi connectivity index (χ0n) is 8.43. The van der Waals surface area contributed by atoms with Crippen LogP contribution in [0.3, 0.4) is 0 Å². The van der Waals surface area contributed by atoms with Crippen LogP contribution in [0.5, 0.6) is 11.6 Å². The molecule has 0 radical (unpaired) electrons. The van der Waals surface area contributed by atoms with Gasteiger partial charge < -0.3 is 9.84 Å². The lowest BCUT2D eigenvalue weighted by Crippen LogP contribution is -1.94. The number of aliphatic hydroxyl groups excluding tert-OH is 1. The summed E-state index contributed by atoms with van der Waals surface area (Å²) in [5, 5.41) is 9.18. The van der Waals surface area contributed by atoms with E-state index >= 15 is 0 Å². The molecule has 0 saturated heterocycles. The van der Waals surface area contributed by atoms with Crippen LogP contribution in [0.15, 0.2) is 47.1 Å². The summed E-state index contributed by atoms with van der Waals surface area (Å²) in [4.78, 5) is 4.12. The summed E-state index contributed by atoms with van der Waals surface area (Å²) in [7, 11) is 0. The molecule has 0 atom stereocenters. The van der Waals surface area contributed by atoms with Crippen molar-refractivity contribution in [3.05, 3.63) is 52.6 Å². The molecule has 2 rings (SSSR count). The average Bonchev–Trinajstić information content (AvgIpc) is 2.33. The van der Waals surface area contributed by atoms with Gasteiger partial charge in [0.15, 0.2) is 0 Å². The van der Waals surface area contributed by atoms with E-state index < -0.39 is 0 Å². The Bertz CT molecular complexity index is 474. The maximum atomic E-state index is 9.18. The van der Waals surface area contributed by atoms with Gasteiger partial charge in [-0.3, -0.25) is 0 Å². The number of rotatable bonds is 3.